The molecule has 0 aliphatic carbocycles. The van der Waals surface area contributed by atoms with Crippen LogP contribution in [0.2, 0.25) is 0 Å². The Balaban J connectivity index is 2.61. The van der Waals surface area contributed by atoms with Gasteiger partial charge in [0.2, 0.25) is 0 Å². The van der Waals surface area contributed by atoms with Crippen LogP contribution in [0.4, 0.5) is 5.69 Å². The second-order valence-electron chi connectivity index (χ2n) is 2.52. The van der Waals surface area contributed by atoms with Gasteiger partial charge < -0.3 is 16.2 Å². The summed E-state index contributed by atoms with van der Waals surface area (Å²) in [5.41, 5.74) is 10.7. The molecule has 0 saturated carbocycles. The molecular weight excluding hydrogens is 186 g/mol. The van der Waals surface area contributed by atoms with Crippen molar-refractivity contribution in [1.82, 2.24) is 4.98 Å². The van der Waals surface area contributed by atoms with E-state index in [4.69, 9.17) is 11.5 Å². The summed E-state index contributed by atoms with van der Waals surface area (Å²) in [4.78, 5) is 25.1. The van der Waals surface area contributed by atoms with Crippen LogP contribution < -0.4 is 11.5 Å². The van der Waals surface area contributed by atoms with Gasteiger partial charge in [-0.1, -0.05) is 0 Å². The van der Waals surface area contributed by atoms with Crippen molar-refractivity contribution in [2.75, 3.05) is 12.3 Å². The van der Waals surface area contributed by atoms with Crippen molar-refractivity contribution in [2.45, 2.75) is 0 Å². The fourth-order valence-corrected chi connectivity index (χ4v) is 0.737. The molecule has 1 amide bonds. The highest BCUT2D eigenvalue weighted by Gasteiger charge is 2.09. The topological polar surface area (TPSA) is 108 Å². The van der Waals surface area contributed by atoms with Crippen LogP contribution in [0.3, 0.4) is 0 Å². The molecule has 0 aliphatic rings. The third-order valence-corrected chi connectivity index (χ3v) is 1.34. The lowest BCUT2D eigenvalue weighted by atomic mass is 10.3. The minimum Gasteiger partial charge on any atom is -0.451 e. The average Bonchev–Trinajstić information content (AvgIpc) is 2.15. The molecule has 0 aliphatic heterocycles. The lowest BCUT2D eigenvalue weighted by molar-refractivity contribution is -0.121. The highest BCUT2D eigenvalue weighted by atomic mass is 16.5. The van der Waals surface area contributed by atoms with E-state index in [0.717, 1.165) is 0 Å². The Hall–Kier alpha value is -2.11. The van der Waals surface area contributed by atoms with Crippen LogP contribution in [0.25, 0.3) is 0 Å². The van der Waals surface area contributed by atoms with Gasteiger partial charge in [0.1, 0.15) is 5.69 Å². The van der Waals surface area contributed by atoms with Crippen molar-refractivity contribution >= 4 is 17.6 Å². The number of ether oxygens (including phenoxy) is 1. The molecule has 6 nitrogen and oxygen atoms in total. The molecule has 0 atom stereocenters. The van der Waals surface area contributed by atoms with Gasteiger partial charge in [-0.3, -0.25) is 4.79 Å². The number of esters is 1. The number of pyridine rings is 1. The Morgan fingerprint density at radius 1 is 1.43 bits per heavy atom. The first-order valence-corrected chi connectivity index (χ1v) is 3.76. The first-order chi connectivity index (χ1) is 6.59. The highest BCUT2D eigenvalue weighted by molar-refractivity contribution is 5.89. The maximum atomic E-state index is 11.1. The number of aromatic nitrogens is 1. The van der Waals surface area contributed by atoms with E-state index in [1.165, 1.54) is 18.3 Å². The Morgan fingerprint density at radius 2 is 2.14 bits per heavy atom. The van der Waals surface area contributed by atoms with Crippen LogP contribution in [0.5, 0.6) is 0 Å². The van der Waals surface area contributed by atoms with Gasteiger partial charge in [0, 0.05) is 0 Å². The van der Waals surface area contributed by atoms with Crippen LogP contribution in [-0.4, -0.2) is 23.5 Å². The lowest BCUT2D eigenvalue weighted by Gasteiger charge is -2.01. The normalized spacial score (nSPS) is 9.43. The second kappa shape index (κ2) is 4.22. The maximum Gasteiger partial charge on any atom is 0.357 e. The molecule has 0 spiro atoms. The summed E-state index contributed by atoms with van der Waals surface area (Å²) < 4.78 is 4.51. The molecule has 0 radical (unpaired) electrons. The van der Waals surface area contributed by atoms with E-state index in [1.54, 1.807) is 0 Å². The molecule has 1 heterocycles. The molecule has 74 valence electrons. The number of nitrogen functional groups attached to an aromatic ring is 1. The number of amides is 1. The zero-order chi connectivity index (χ0) is 10.6. The van der Waals surface area contributed by atoms with Crippen molar-refractivity contribution in [3.05, 3.63) is 24.0 Å². The van der Waals surface area contributed by atoms with Gasteiger partial charge in [-0.2, -0.15) is 0 Å². The van der Waals surface area contributed by atoms with Crippen molar-refractivity contribution < 1.29 is 14.3 Å². The van der Waals surface area contributed by atoms with Crippen molar-refractivity contribution in [3.8, 4) is 0 Å². The molecule has 0 saturated heterocycles. The van der Waals surface area contributed by atoms with Crippen LogP contribution in [0.1, 0.15) is 10.5 Å². The van der Waals surface area contributed by atoms with Crippen molar-refractivity contribution in [1.29, 1.82) is 0 Å². The van der Waals surface area contributed by atoms with Gasteiger partial charge in [0.05, 0.1) is 11.9 Å². The van der Waals surface area contributed by atoms with E-state index in [9.17, 15) is 9.59 Å². The second-order valence-corrected chi connectivity index (χ2v) is 2.52. The minimum absolute atomic E-state index is 0.0838. The summed E-state index contributed by atoms with van der Waals surface area (Å²) in [6.45, 7) is -0.453. The Labute approximate surface area is 79.9 Å². The zero-order valence-electron chi connectivity index (χ0n) is 7.27. The number of primary amides is 1. The Morgan fingerprint density at radius 3 is 2.64 bits per heavy atom. The number of nitrogens with zero attached hydrogens (tertiary/aromatic N) is 1. The molecule has 1 aromatic heterocycles. The summed E-state index contributed by atoms with van der Waals surface area (Å²) >= 11 is 0. The smallest absolute Gasteiger partial charge is 0.357 e. The summed E-state index contributed by atoms with van der Waals surface area (Å²) in [5, 5.41) is 0. The van der Waals surface area contributed by atoms with E-state index in [0.29, 0.717) is 5.69 Å². The SMILES string of the molecule is NC(=O)COC(=O)c1ccc(N)cn1. The number of rotatable bonds is 3. The van der Waals surface area contributed by atoms with Crippen LogP contribution in [-0.2, 0) is 9.53 Å². The lowest BCUT2D eigenvalue weighted by Crippen LogP contribution is -2.21. The average molecular weight is 195 g/mol. The van der Waals surface area contributed by atoms with Gasteiger partial charge in [-0.05, 0) is 12.1 Å². The number of hydrogen-bond donors (Lipinski definition) is 2. The van der Waals surface area contributed by atoms with E-state index >= 15 is 0 Å². The van der Waals surface area contributed by atoms with E-state index < -0.39 is 18.5 Å². The molecule has 0 bridgehead atoms. The molecule has 4 N–H and O–H groups in total. The summed E-state index contributed by atoms with van der Waals surface area (Å²) in [5.74, 6) is -1.42. The predicted octanol–water partition coefficient (Wildman–Crippen LogP) is -0.694. The monoisotopic (exact) mass is 195 g/mol. The van der Waals surface area contributed by atoms with Crippen LogP contribution >= 0.6 is 0 Å². The standard InChI is InChI=1S/C8H9N3O3/c9-5-1-2-6(11-3-5)8(13)14-4-7(10)12/h1-3H,4,9H2,(H2,10,12). The highest BCUT2D eigenvalue weighted by Crippen LogP contribution is 2.02. The van der Waals surface area contributed by atoms with Gasteiger partial charge >= 0.3 is 5.97 Å². The predicted molar refractivity (Wildman–Crippen MR) is 48.1 cm³/mol. The fourth-order valence-electron chi connectivity index (χ4n) is 0.737. The van der Waals surface area contributed by atoms with E-state index in [2.05, 4.69) is 9.72 Å². The number of nitrogens with two attached hydrogens (primary N) is 2. The van der Waals surface area contributed by atoms with Crippen molar-refractivity contribution in [3.63, 3.8) is 0 Å². The Bertz CT molecular complexity index is 347. The largest absolute Gasteiger partial charge is 0.451 e. The maximum absolute atomic E-state index is 11.1. The number of anilines is 1. The summed E-state index contributed by atoms with van der Waals surface area (Å²) in [6.07, 6.45) is 1.32. The minimum atomic E-state index is -0.714. The first-order valence-electron chi connectivity index (χ1n) is 3.76. The van der Waals surface area contributed by atoms with Gasteiger partial charge in [0.25, 0.3) is 5.91 Å². The van der Waals surface area contributed by atoms with Crippen LogP contribution in [0.15, 0.2) is 18.3 Å². The number of carbonyl (C=O) groups excluding carboxylic acids is 2. The molecule has 1 aromatic rings. The summed E-state index contributed by atoms with van der Waals surface area (Å²) in [7, 11) is 0. The van der Waals surface area contributed by atoms with Gasteiger partial charge in [0.15, 0.2) is 6.61 Å². The molecule has 6 heteroatoms. The molecule has 14 heavy (non-hydrogen) atoms. The quantitative estimate of drug-likeness (QED) is 0.620. The molecule has 1 rings (SSSR count). The molecular formula is C8H9N3O3. The molecule has 0 unspecified atom stereocenters. The number of carbonyl (C=O) groups is 2. The van der Waals surface area contributed by atoms with Crippen LogP contribution in [0, 0.1) is 0 Å². The first kappa shape index (κ1) is 9.97. The van der Waals surface area contributed by atoms with Gasteiger partial charge in [-0.25, -0.2) is 9.78 Å². The Kier molecular flexibility index (Phi) is 3.01. The van der Waals surface area contributed by atoms with E-state index in [-0.39, 0.29) is 5.69 Å². The molecule has 0 aromatic carbocycles. The third kappa shape index (κ3) is 2.74. The van der Waals surface area contributed by atoms with Gasteiger partial charge in [-0.15, -0.1) is 0 Å². The molecule has 0 fully saturated rings. The van der Waals surface area contributed by atoms with Crippen molar-refractivity contribution in [2.24, 2.45) is 5.73 Å². The van der Waals surface area contributed by atoms with E-state index in [1.807, 2.05) is 0 Å². The fraction of sp³-hybridized carbons (Fsp3) is 0.125. The summed E-state index contributed by atoms with van der Waals surface area (Å²) in [6, 6.07) is 2.91. The number of hydrogen-bond acceptors (Lipinski definition) is 5. The zero-order valence-corrected chi connectivity index (χ0v) is 7.27. The third-order valence-electron chi connectivity index (χ3n) is 1.34.